The molecule has 3 aromatic carbocycles. The molecule has 0 atom stereocenters. The summed E-state index contributed by atoms with van der Waals surface area (Å²) in [6, 6.07) is 18.7. The molecule has 3 rings (SSSR count). The van der Waals surface area contributed by atoms with E-state index in [4.69, 9.17) is 9.47 Å². The molecule has 0 fully saturated rings. The van der Waals surface area contributed by atoms with Crippen LogP contribution in [0.5, 0.6) is 11.5 Å². The van der Waals surface area contributed by atoms with Crippen molar-refractivity contribution in [1.82, 2.24) is 5.43 Å². The Morgan fingerprint density at radius 1 is 0.969 bits per heavy atom. The summed E-state index contributed by atoms with van der Waals surface area (Å²) in [7, 11) is 0. The van der Waals surface area contributed by atoms with E-state index < -0.39 is 16.8 Å². The van der Waals surface area contributed by atoms with Gasteiger partial charge in [-0.2, -0.15) is 5.10 Å². The fraction of sp³-hybridized carbons (Fsp3) is 0.0455. The van der Waals surface area contributed by atoms with Gasteiger partial charge in [-0.15, -0.1) is 0 Å². The second-order valence-corrected chi connectivity index (χ2v) is 7.21. The molecule has 0 unspecified atom stereocenters. The van der Waals surface area contributed by atoms with Crippen molar-refractivity contribution in [2.24, 2.45) is 5.10 Å². The summed E-state index contributed by atoms with van der Waals surface area (Å²) in [6.45, 7) is -0.305. The monoisotopic (exact) mass is 497 g/mol. The molecule has 0 saturated carbocycles. The number of nitro benzene ring substituents is 1. The lowest BCUT2D eigenvalue weighted by Crippen LogP contribution is -2.24. The summed E-state index contributed by atoms with van der Waals surface area (Å²) in [6.07, 6.45) is 1.42. The minimum atomic E-state index is -0.524. The lowest BCUT2D eigenvalue weighted by molar-refractivity contribution is -0.384. The minimum Gasteiger partial charge on any atom is -0.484 e. The quantitative estimate of drug-likeness (QED) is 0.164. The van der Waals surface area contributed by atoms with Crippen molar-refractivity contribution in [2.45, 2.75) is 0 Å². The fourth-order valence-electron chi connectivity index (χ4n) is 2.40. The summed E-state index contributed by atoms with van der Waals surface area (Å²) >= 11 is 3.31. The number of hydrogen-bond donors (Lipinski definition) is 1. The maximum Gasteiger partial charge on any atom is 0.343 e. The zero-order valence-electron chi connectivity index (χ0n) is 16.4. The van der Waals surface area contributed by atoms with Crippen LogP contribution in [0.25, 0.3) is 0 Å². The van der Waals surface area contributed by atoms with E-state index in [9.17, 15) is 19.7 Å². The number of carbonyl (C=O) groups excluding carboxylic acids is 2. The smallest absolute Gasteiger partial charge is 0.343 e. The van der Waals surface area contributed by atoms with Crippen molar-refractivity contribution >= 4 is 39.7 Å². The zero-order valence-corrected chi connectivity index (χ0v) is 18.0. The van der Waals surface area contributed by atoms with Crippen molar-refractivity contribution in [3.05, 3.63) is 98.5 Å². The average molecular weight is 498 g/mol. The first-order chi connectivity index (χ1) is 15.4. The summed E-state index contributed by atoms with van der Waals surface area (Å²) in [5, 5.41) is 14.4. The normalized spacial score (nSPS) is 10.5. The Labute approximate surface area is 190 Å². The van der Waals surface area contributed by atoms with Gasteiger partial charge in [0.05, 0.1) is 16.7 Å². The highest BCUT2D eigenvalue weighted by Gasteiger charge is 2.08. The van der Waals surface area contributed by atoms with Crippen molar-refractivity contribution in [2.75, 3.05) is 6.61 Å². The molecule has 0 heterocycles. The maximum absolute atomic E-state index is 12.1. The van der Waals surface area contributed by atoms with Crippen LogP contribution in [-0.4, -0.2) is 29.6 Å². The Bertz CT molecular complexity index is 1130. The first kappa shape index (κ1) is 22.6. The van der Waals surface area contributed by atoms with Gasteiger partial charge >= 0.3 is 5.97 Å². The second kappa shape index (κ2) is 10.8. The van der Waals surface area contributed by atoms with Crippen LogP contribution in [0, 0.1) is 10.1 Å². The van der Waals surface area contributed by atoms with Gasteiger partial charge in [-0.3, -0.25) is 14.9 Å². The number of amides is 1. The Kier molecular flexibility index (Phi) is 7.65. The van der Waals surface area contributed by atoms with Gasteiger partial charge in [0.15, 0.2) is 6.61 Å². The molecule has 32 heavy (non-hydrogen) atoms. The van der Waals surface area contributed by atoms with E-state index in [0.717, 1.165) is 4.47 Å². The van der Waals surface area contributed by atoms with Gasteiger partial charge in [0.1, 0.15) is 11.5 Å². The van der Waals surface area contributed by atoms with E-state index in [1.807, 2.05) is 0 Å². The molecule has 1 N–H and O–H groups in total. The molecule has 0 aliphatic carbocycles. The predicted molar refractivity (Wildman–Crippen MR) is 120 cm³/mol. The number of esters is 1. The van der Waals surface area contributed by atoms with E-state index in [2.05, 4.69) is 26.5 Å². The van der Waals surface area contributed by atoms with Gasteiger partial charge in [0.2, 0.25) is 0 Å². The number of hydrazone groups is 1. The standard InChI is InChI=1S/C22H16BrN3O6/c23-17-5-3-16(4-6-17)22(28)32-20-9-1-15(2-10-20)13-24-25-21(27)14-31-19-11-7-18(8-12-19)26(29)30/h1-13H,14H2,(H,25,27). The molecule has 0 saturated heterocycles. The van der Waals surface area contributed by atoms with Crippen molar-refractivity contribution in [3.63, 3.8) is 0 Å². The van der Waals surface area contributed by atoms with Crippen LogP contribution in [0.2, 0.25) is 0 Å². The van der Waals surface area contributed by atoms with Crippen LogP contribution < -0.4 is 14.9 Å². The lowest BCUT2D eigenvalue weighted by Gasteiger charge is -2.05. The van der Waals surface area contributed by atoms with Crippen molar-refractivity contribution in [3.8, 4) is 11.5 Å². The Morgan fingerprint density at radius 2 is 1.59 bits per heavy atom. The number of ether oxygens (including phenoxy) is 2. The van der Waals surface area contributed by atoms with Crippen LogP contribution in [0.15, 0.2) is 82.4 Å². The zero-order chi connectivity index (χ0) is 22.9. The van der Waals surface area contributed by atoms with Crippen LogP contribution in [-0.2, 0) is 4.79 Å². The molecule has 0 bridgehead atoms. The van der Waals surface area contributed by atoms with E-state index >= 15 is 0 Å². The largest absolute Gasteiger partial charge is 0.484 e. The van der Waals surface area contributed by atoms with Gasteiger partial charge in [0, 0.05) is 16.6 Å². The molecule has 3 aromatic rings. The topological polar surface area (TPSA) is 120 Å². The van der Waals surface area contributed by atoms with E-state index in [-0.39, 0.29) is 12.3 Å². The number of non-ortho nitro benzene ring substituents is 1. The van der Waals surface area contributed by atoms with E-state index in [1.54, 1.807) is 48.5 Å². The minimum absolute atomic E-state index is 0.0690. The molecule has 0 aliphatic rings. The van der Waals surface area contributed by atoms with Crippen molar-refractivity contribution < 1.29 is 24.0 Å². The van der Waals surface area contributed by atoms with E-state index in [1.165, 1.54) is 30.5 Å². The number of nitro groups is 1. The predicted octanol–water partition coefficient (Wildman–Crippen LogP) is 4.11. The molecule has 0 aliphatic heterocycles. The van der Waals surface area contributed by atoms with Crippen molar-refractivity contribution in [1.29, 1.82) is 0 Å². The highest BCUT2D eigenvalue weighted by atomic mass is 79.9. The number of nitrogens with one attached hydrogen (secondary N) is 1. The van der Waals surface area contributed by atoms with Gasteiger partial charge in [-0.1, -0.05) is 15.9 Å². The molecule has 0 radical (unpaired) electrons. The lowest BCUT2D eigenvalue weighted by atomic mass is 10.2. The third-order valence-electron chi connectivity index (χ3n) is 3.99. The van der Waals surface area contributed by atoms with Gasteiger partial charge in [0.25, 0.3) is 11.6 Å². The second-order valence-electron chi connectivity index (χ2n) is 6.30. The number of benzene rings is 3. The summed E-state index contributed by atoms with van der Waals surface area (Å²) in [5.74, 6) is -0.280. The third-order valence-corrected chi connectivity index (χ3v) is 4.52. The molecule has 10 heteroatoms. The molecule has 162 valence electrons. The van der Waals surface area contributed by atoms with Crippen LogP contribution in [0.3, 0.4) is 0 Å². The molecule has 0 spiro atoms. The number of halogens is 1. The summed E-state index contributed by atoms with van der Waals surface area (Å²) < 4.78 is 11.4. The Hall–Kier alpha value is -4.05. The Morgan fingerprint density at radius 3 is 2.22 bits per heavy atom. The van der Waals surface area contributed by atoms with Gasteiger partial charge < -0.3 is 9.47 Å². The van der Waals surface area contributed by atoms with Crippen LogP contribution in [0.1, 0.15) is 15.9 Å². The molecule has 1 amide bonds. The van der Waals surface area contributed by atoms with E-state index in [0.29, 0.717) is 22.6 Å². The average Bonchev–Trinajstić information content (AvgIpc) is 2.79. The molecule has 0 aromatic heterocycles. The molecular formula is C22H16BrN3O6. The number of nitrogens with zero attached hydrogens (tertiary/aromatic N) is 2. The van der Waals surface area contributed by atoms with Gasteiger partial charge in [-0.25, -0.2) is 10.2 Å². The number of carbonyl (C=O) groups is 2. The third kappa shape index (κ3) is 6.74. The maximum atomic E-state index is 12.1. The first-order valence-corrected chi connectivity index (χ1v) is 9.97. The number of rotatable bonds is 8. The van der Waals surface area contributed by atoms with Gasteiger partial charge in [-0.05, 0) is 66.2 Å². The highest BCUT2D eigenvalue weighted by molar-refractivity contribution is 9.10. The fourth-order valence-corrected chi connectivity index (χ4v) is 2.66. The molecular weight excluding hydrogens is 482 g/mol. The molecule has 9 nitrogen and oxygen atoms in total. The first-order valence-electron chi connectivity index (χ1n) is 9.18. The summed E-state index contributed by atoms with van der Waals surface area (Å²) in [4.78, 5) is 34.0. The summed E-state index contributed by atoms with van der Waals surface area (Å²) in [5.41, 5.74) is 3.34. The van der Waals surface area contributed by atoms with Crippen LogP contribution in [0.4, 0.5) is 5.69 Å². The SMILES string of the molecule is O=C(COc1ccc([N+](=O)[O-])cc1)NN=Cc1ccc(OC(=O)c2ccc(Br)cc2)cc1. The highest BCUT2D eigenvalue weighted by Crippen LogP contribution is 2.17. The Balaban J connectivity index is 1.44. The van der Waals surface area contributed by atoms with Crippen LogP contribution >= 0.6 is 15.9 Å². The number of hydrogen-bond acceptors (Lipinski definition) is 7.